The van der Waals surface area contributed by atoms with E-state index in [0.29, 0.717) is 28.9 Å². The minimum absolute atomic E-state index is 0.0788. The number of anilines is 1. The van der Waals surface area contributed by atoms with E-state index in [2.05, 4.69) is 35.6 Å². The van der Waals surface area contributed by atoms with Gasteiger partial charge in [0.15, 0.2) is 0 Å². The second-order valence-corrected chi connectivity index (χ2v) is 5.88. The number of rotatable bonds is 4. The van der Waals surface area contributed by atoms with E-state index in [9.17, 15) is 5.11 Å². The van der Waals surface area contributed by atoms with Gasteiger partial charge < -0.3 is 15.3 Å². The van der Waals surface area contributed by atoms with Crippen LogP contribution in [0.5, 0.6) is 5.75 Å². The van der Waals surface area contributed by atoms with Crippen molar-refractivity contribution in [2.24, 2.45) is 0 Å². The van der Waals surface area contributed by atoms with E-state index in [1.54, 1.807) is 30.7 Å². The highest BCUT2D eigenvalue weighted by Crippen LogP contribution is 2.29. The number of benzene rings is 1. The molecule has 4 rings (SSSR count). The Balaban J connectivity index is 1.56. The molecule has 1 aliphatic heterocycles. The summed E-state index contributed by atoms with van der Waals surface area (Å²) < 4.78 is 0. The summed E-state index contributed by atoms with van der Waals surface area (Å²) in [6, 6.07) is 5.61. The predicted molar refractivity (Wildman–Crippen MR) is 91.5 cm³/mol. The van der Waals surface area contributed by atoms with Crippen LogP contribution < -0.4 is 10.2 Å². The Morgan fingerprint density at radius 1 is 1.20 bits per heavy atom. The lowest BCUT2D eigenvalue weighted by molar-refractivity contribution is 0.476. The smallest absolute Gasteiger partial charge is 0.245 e. The van der Waals surface area contributed by atoms with Gasteiger partial charge in [-0.25, -0.2) is 4.98 Å². The number of phenolic OH excluding ortho intramolecular Hbond substituents is 1. The molecule has 1 aliphatic rings. The van der Waals surface area contributed by atoms with Crippen LogP contribution in [-0.4, -0.2) is 61.5 Å². The quantitative estimate of drug-likeness (QED) is 0.713. The van der Waals surface area contributed by atoms with E-state index >= 15 is 0 Å². The first kappa shape index (κ1) is 15.5. The molecule has 0 aliphatic carbocycles. The fraction of sp³-hybridized carbons (Fsp3) is 0.312. The molecule has 0 radical (unpaired) electrons. The summed E-state index contributed by atoms with van der Waals surface area (Å²) in [6.45, 7) is 1.78. The molecule has 0 amide bonds. The molecule has 1 atom stereocenters. The van der Waals surface area contributed by atoms with Crippen molar-refractivity contribution in [3.8, 4) is 22.7 Å². The molecule has 9 heteroatoms. The third-order valence-electron chi connectivity index (χ3n) is 4.34. The molecule has 128 valence electrons. The standard InChI is InChI=1S/C16H18N8O/c1-17-11-4-7-23(10-11)16-18-9-14(21-22-16)13-3-2-12(8-15(13)25)24-19-5-6-20-24/h2-3,5-6,8-9,11,17,25H,4,7,10H2,1H3. The van der Waals surface area contributed by atoms with Crippen LogP contribution in [-0.2, 0) is 0 Å². The van der Waals surface area contributed by atoms with Gasteiger partial charge in [-0.2, -0.15) is 15.0 Å². The summed E-state index contributed by atoms with van der Waals surface area (Å²) in [6.07, 6.45) is 5.85. The normalized spacial score (nSPS) is 17.2. The van der Waals surface area contributed by atoms with Crippen molar-refractivity contribution < 1.29 is 5.11 Å². The second-order valence-electron chi connectivity index (χ2n) is 5.88. The molecule has 1 saturated heterocycles. The second kappa shape index (κ2) is 6.44. The lowest BCUT2D eigenvalue weighted by atomic mass is 10.1. The number of nitrogens with zero attached hydrogens (tertiary/aromatic N) is 7. The van der Waals surface area contributed by atoms with Gasteiger partial charge in [0.2, 0.25) is 5.95 Å². The van der Waals surface area contributed by atoms with E-state index in [4.69, 9.17) is 0 Å². The number of phenols is 1. The molecule has 0 saturated carbocycles. The molecule has 1 aromatic carbocycles. The Bertz CT molecular complexity index is 849. The SMILES string of the molecule is CNC1CCN(c2ncc(-c3ccc(-n4nccn4)cc3O)nn2)C1. The fourth-order valence-corrected chi connectivity index (χ4v) is 2.93. The summed E-state index contributed by atoms with van der Waals surface area (Å²) in [4.78, 5) is 7.94. The molecule has 2 N–H and O–H groups in total. The lowest BCUT2D eigenvalue weighted by Crippen LogP contribution is -2.30. The highest BCUT2D eigenvalue weighted by Gasteiger charge is 2.23. The van der Waals surface area contributed by atoms with Crippen molar-refractivity contribution in [2.75, 3.05) is 25.0 Å². The molecule has 0 bridgehead atoms. The number of nitrogens with one attached hydrogen (secondary N) is 1. The number of hydrogen-bond donors (Lipinski definition) is 2. The van der Waals surface area contributed by atoms with Crippen molar-refractivity contribution in [1.29, 1.82) is 0 Å². The van der Waals surface area contributed by atoms with Gasteiger partial charge in [-0.1, -0.05) is 0 Å². The minimum Gasteiger partial charge on any atom is -0.507 e. The molecule has 2 aromatic heterocycles. The minimum atomic E-state index is 0.0788. The Kier molecular flexibility index (Phi) is 3.98. The number of likely N-dealkylation sites (N-methyl/N-ethyl adjacent to an activating group) is 1. The maximum atomic E-state index is 10.3. The van der Waals surface area contributed by atoms with Crippen LogP contribution in [0.4, 0.5) is 5.95 Å². The number of hydrogen-bond acceptors (Lipinski definition) is 8. The van der Waals surface area contributed by atoms with Crippen molar-refractivity contribution in [3.05, 3.63) is 36.8 Å². The molecule has 25 heavy (non-hydrogen) atoms. The highest BCUT2D eigenvalue weighted by atomic mass is 16.3. The maximum Gasteiger partial charge on any atom is 0.245 e. The first-order valence-electron chi connectivity index (χ1n) is 8.06. The van der Waals surface area contributed by atoms with E-state index < -0.39 is 0 Å². The number of aromatic hydroxyl groups is 1. The van der Waals surface area contributed by atoms with Crippen LogP contribution in [0.25, 0.3) is 16.9 Å². The average molecular weight is 338 g/mol. The largest absolute Gasteiger partial charge is 0.507 e. The van der Waals surface area contributed by atoms with Crippen LogP contribution in [0, 0.1) is 0 Å². The van der Waals surface area contributed by atoms with Gasteiger partial charge in [0, 0.05) is 30.8 Å². The molecular formula is C16H18N8O. The molecule has 9 nitrogen and oxygen atoms in total. The van der Waals surface area contributed by atoms with Gasteiger partial charge in [-0.3, -0.25) is 0 Å². The van der Waals surface area contributed by atoms with Crippen molar-refractivity contribution in [2.45, 2.75) is 12.5 Å². The predicted octanol–water partition coefficient (Wildman–Crippen LogP) is 0.623. The van der Waals surface area contributed by atoms with Crippen LogP contribution in [0.1, 0.15) is 6.42 Å². The topological polar surface area (TPSA) is 105 Å². The monoisotopic (exact) mass is 338 g/mol. The van der Waals surface area contributed by atoms with E-state index in [1.165, 1.54) is 4.80 Å². The van der Waals surface area contributed by atoms with Crippen LogP contribution >= 0.6 is 0 Å². The molecular weight excluding hydrogens is 320 g/mol. The van der Waals surface area contributed by atoms with E-state index in [1.807, 2.05) is 13.1 Å². The third kappa shape index (κ3) is 3.01. The summed E-state index contributed by atoms with van der Waals surface area (Å²) >= 11 is 0. The van der Waals surface area contributed by atoms with Crippen LogP contribution in [0.15, 0.2) is 36.8 Å². The van der Waals surface area contributed by atoms with Crippen molar-refractivity contribution in [1.82, 2.24) is 35.5 Å². The molecule has 1 unspecified atom stereocenters. The average Bonchev–Trinajstić information content (AvgIpc) is 3.34. The highest BCUT2D eigenvalue weighted by molar-refractivity contribution is 5.67. The number of aromatic nitrogens is 6. The lowest BCUT2D eigenvalue weighted by Gasteiger charge is -2.15. The zero-order chi connectivity index (χ0) is 17.2. The molecule has 1 fully saturated rings. The van der Waals surface area contributed by atoms with Crippen LogP contribution in [0.3, 0.4) is 0 Å². The van der Waals surface area contributed by atoms with Gasteiger partial charge >= 0.3 is 0 Å². The van der Waals surface area contributed by atoms with Gasteiger partial charge in [-0.05, 0) is 25.6 Å². The zero-order valence-electron chi connectivity index (χ0n) is 13.7. The summed E-state index contributed by atoms with van der Waals surface area (Å²) in [5.74, 6) is 0.688. The Labute approximate surface area is 144 Å². The van der Waals surface area contributed by atoms with Crippen molar-refractivity contribution >= 4 is 5.95 Å². The van der Waals surface area contributed by atoms with Gasteiger partial charge in [-0.15, -0.1) is 10.2 Å². The molecule has 0 spiro atoms. The zero-order valence-corrected chi connectivity index (χ0v) is 13.7. The third-order valence-corrected chi connectivity index (χ3v) is 4.34. The Morgan fingerprint density at radius 2 is 2.04 bits per heavy atom. The summed E-state index contributed by atoms with van der Waals surface area (Å²) in [7, 11) is 1.96. The fourth-order valence-electron chi connectivity index (χ4n) is 2.93. The first-order valence-corrected chi connectivity index (χ1v) is 8.06. The van der Waals surface area contributed by atoms with Crippen molar-refractivity contribution in [3.63, 3.8) is 0 Å². The van der Waals surface area contributed by atoms with Gasteiger partial charge in [0.05, 0.1) is 24.3 Å². The Hall–Kier alpha value is -3.07. The maximum absolute atomic E-state index is 10.3. The van der Waals surface area contributed by atoms with Crippen LogP contribution in [0.2, 0.25) is 0 Å². The van der Waals surface area contributed by atoms with E-state index in [-0.39, 0.29) is 5.75 Å². The first-order chi connectivity index (χ1) is 12.2. The summed E-state index contributed by atoms with van der Waals surface area (Å²) in [5.41, 5.74) is 1.75. The van der Waals surface area contributed by atoms with Gasteiger partial charge in [0.25, 0.3) is 0 Å². The van der Waals surface area contributed by atoms with Gasteiger partial charge in [0.1, 0.15) is 11.4 Å². The summed E-state index contributed by atoms with van der Waals surface area (Å²) in [5, 5.41) is 30.1. The Morgan fingerprint density at radius 3 is 2.68 bits per heavy atom. The van der Waals surface area contributed by atoms with E-state index in [0.717, 1.165) is 19.5 Å². The molecule has 3 aromatic rings. The molecule has 3 heterocycles.